The second-order valence-corrected chi connectivity index (χ2v) is 10.5. The molecule has 190 valence electrons. The van der Waals surface area contributed by atoms with Crippen LogP contribution in [0.15, 0.2) is 67.4 Å². The SMILES string of the molecule is C=C1NCCc2cc(-c3cc(-c4ccc(C56C[C@@H]5CN(C(=C)COC)C6)cc4)c(F)nc3NC)ccc21. The van der Waals surface area contributed by atoms with Gasteiger partial charge in [-0.15, -0.1) is 0 Å². The topological polar surface area (TPSA) is 49.4 Å². The third kappa shape index (κ3) is 4.00. The van der Waals surface area contributed by atoms with E-state index < -0.39 is 5.95 Å². The molecule has 0 radical (unpaired) electrons. The number of likely N-dealkylation sites (tertiary alicyclic amines) is 1. The fraction of sp³-hybridized carbons (Fsp3) is 0.323. The van der Waals surface area contributed by atoms with E-state index in [9.17, 15) is 0 Å². The second kappa shape index (κ2) is 9.03. The highest BCUT2D eigenvalue weighted by atomic mass is 19.1. The van der Waals surface area contributed by atoms with Crippen molar-refractivity contribution in [2.24, 2.45) is 5.92 Å². The second-order valence-electron chi connectivity index (χ2n) is 10.5. The number of hydrogen-bond acceptors (Lipinski definition) is 5. The number of rotatable bonds is 7. The molecule has 0 amide bonds. The Morgan fingerprint density at radius 1 is 1.16 bits per heavy atom. The van der Waals surface area contributed by atoms with Crippen molar-refractivity contribution in [1.82, 2.24) is 15.2 Å². The van der Waals surface area contributed by atoms with Gasteiger partial charge in [-0.25, -0.2) is 4.98 Å². The van der Waals surface area contributed by atoms with Crippen molar-refractivity contribution >= 4 is 11.5 Å². The number of benzene rings is 2. The number of nitrogens with one attached hydrogen (secondary N) is 2. The van der Waals surface area contributed by atoms with E-state index >= 15 is 4.39 Å². The number of hydrogen-bond donors (Lipinski definition) is 2. The maximum Gasteiger partial charge on any atom is 0.222 e. The molecule has 0 spiro atoms. The van der Waals surface area contributed by atoms with Gasteiger partial charge in [-0.05, 0) is 47.1 Å². The number of nitrogens with zero attached hydrogens (tertiary/aromatic N) is 2. The molecule has 6 heteroatoms. The molecule has 37 heavy (non-hydrogen) atoms. The van der Waals surface area contributed by atoms with Crippen LogP contribution in [0.25, 0.3) is 28.0 Å². The molecule has 5 nitrogen and oxygen atoms in total. The van der Waals surface area contributed by atoms with Gasteiger partial charge < -0.3 is 20.3 Å². The van der Waals surface area contributed by atoms with Crippen molar-refractivity contribution in [1.29, 1.82) is 0 Å². The molecule has 2 atom stereocenters. The van der Waals surface area contributed by atoms with Gasteiger partial charge in [-0.2, -0.15) is 4.39 Å². The molecule has 0 bridgehead atoms. The number of aromatic nitrogens is 1. The maximum atomic E-state index is 15.2. The van der Waals surface area contributed by atoms with E-state index in [0.29, 0.717) is 23.9 Å². The van der Waals surface area contributed by atoms with Crippen LogP contribution in [-0.4, -0.2) is 50.3 Å². The smallest absolute Gasteiger partial charge is 0.222 e. The molecule has 1 saturated carbocycles. The summed E-state index contributed by atoms with van der Waals surface area (Å²) < 4.78 is 20.5. The van der Waals surface area contributed by atoms with Gasteiger partial charge in [-0.3, -0.25) is 0 Å². The Balaban J connectivity index is 1.31. The standard InChI is InChI=1S/C31H33FN4O/c1-19(17-37-4)36-16-25-15-31(25,18-36)24-8-5-21(6-9-24)27-14-28(30(33-3)35-29(27)32)22-7-10-26-20(2)34-12-11-23(26)13-22/h5-10,13-14,25,34H,1-2,11-12,15-18H2,3-4H3,(H,33,35)/t25-,31?/m1/s1. The van der Waals surface area contributed by atoms with Crippen molar-refractivity contribution in [3.05, 3.63) is 90.0 Å². The summed E-state index contributed by atoms with van der Waals surface area (Å²) in [5.41, 5.74) is 9.12. The molecule has 1 saturated heterocycles. The molecular weight excluding hydrogens is 463 g/mol. The number of ether oxygens (including phenoxy) is 1. The van der Waals surface area contributed by atoms with Gasteiger partial charge in [0.15, 0.2) is 0 Å². The first-order chi connectivity index (χ1) is 17.9. The normalized spacial score (nSPS) is 21.8. The molecule has 2 N–H and O–H groups in total. The molecular formula is C31H33FN4O. The van der Waals surface area contributed by atoms with Crippen LogP contribution in [0.5, 0.6) is 0 Å². The molecule has 3 heterocycles. The van der Waals surface area contributed by atoms with Crippen LogP contribution in [0, 0.1) is 11.9 Å². The Bertz CT molecular complexity index is 1400. The highest BCUT2D eigenvalue weighted by molar-refractivity contribution is 5.82. The summed E-state index contributed by atoms with van der Waals surface area (Å²) in [6, 6.07) is 16.7. The van der Waals surface area contributed by atoms with Gasteiger partial charge in [-0.1, -0.05) is 55.6 Å². The van der Waals surface area contributed by atoms with Crippen LogP contribution in [0.3, 0.4) is 0 Å². The molecule has 2 aliphatic heterocycles. The van der Waals surface area contributed by atoms with E-state index in [1.165, 1.54) is 17.5 Å². The fourth-order valence-corrected chi connectivity index (χ4v) is 6.22. The zero-order valence-electron chi connectivity index (χ0n) is 21.5. The highest BCUT2D eigenvalue weighted by Gasteiger charge is 2.60. The lowest BCUT2D eigenvalue weighted by Crippen LogP contribution is -2.27. The summed E-state index contributed by atoms with van der Waals surface area (Å²) in [5, 5.41) is 6.40. The van der Waals surface area contributed by atoms with Gasteiger partial charge in [0, 0.05) is 67.3 Å². The van der Waals surface area contributed by atoms with Crippen molar-refractivity contribution < 1.29 is 9.13 Å². The van der Waals surface area contributed by atoms with Crippen molar-refractivity contribution in [2.75, 3.05) is 45.7 Å². The average molecular weight is 497 g/mol. The Hall–Kier alpha value is -3.64. The number of pyridine rings is 1. The Morgan fingerprint density at radius 2 is 1.95 bits per heavy atom. The van der Waals surface area contributed by atoms with E-state index in [-0.39, 0.29) is 5.41 Å². The Labute approximate surface area is 218 Å². The summed E-state index contributed by atoms with van der Waals surface area (Å²) in [6.45, 7) is 11.7. The van der Waals surface area contributed by atoms with E-state index in [0.717, 1.165) is 59.7 Å². The highest BCUT2D eigenvalue weighted by Crippen LogP contribution is 2.59. The van der Waals surface area contributed by atoms with Crippen LogP contribution in [-0.2, 0) is 16.6 Å². The molecule has 6 rings (SSSR count). The minimum Gasteiger partial charge on any atom is -0.385 e. The Kier molecular flexibility index (Phi) is 5.80. The van der Waals surface area contributed by atoms with Gasteiger partial charge >= 0.3 is 0 Å². The Morgan fingerprint density at radius 3 is 2.70 bits per heavy atom. The van der Waals surface area contributed by atoms with E-state index in [1.54, 1.807) is 14.2 Å². The lowest BCUT2D eigenvalue weighted by atomic mass is 9.91. The number of piperidine rings is 1. The summed E-state index contributed by atoms with van der Waals surface area (Å²) >= 11 is 0. The summed E-state index contributed by atoms with van der Waals surface area (Å²) in [6.07, 6.45) is 2.12. The van der Waals surface area contributed by atoms with Crippen molar-refractivity contribution in [2.45, 2.75) is 18.3 Å². The minimum absolute atomic E-state index is 0.176. The molecule has 1 aromatic heterocycles. The quantitative estimate of drug-likeness (QED) is 0.426. The van der Waals surface area contributed by atoms with Crippen LogP contribution in [0.4, 0.5) is 10.2 Å². The van der Waals surface area contributed by atoms with Gasteiger partial charge in [0.25, 0.3) is 0 Å². The fourth-order valence-electron chi connectivity index (χ4n) is 6.22. The minimum atomic E-state index is -0.471. The first-order valence-electron chi connectivity index (χ1n) is 12.9. The molecule has 1 unspecified atom stereocenters. The lowest BCUT2D eigenvalue weighted by molar-refractivity contribution is 0.192. The molecule has 1 aliphatic carbocycles. The van der Waals surface area contributed by atoms with E-state index in [2.05, 4.69) is 64.0 Å². The third-order valence-electron chi connectivity index (χ3n) is 8.36. The summed E-state index contributed by atoms with van der Waals surface area (Å²) in [4.78, 5) is 6.65. The van der Waals surface area contributed by atoms with Gasteiger partial charge in [0.1, 0.15) is 5.82 Å². The van der Waals surface area contributed by atoms with E-state index in [1.807, 2.05) is 18.2 Å². The molecule has 3 aromatic rings. The van der Waals surface area contributed by atoms with Crippen LogP contribution >= 0.6 is 0 Å². The summed E-state index contributed by atoms with van der Waals surface area (Å²) in [5.74, 6) is 0.705. The lowest BCUT2D eigenvalue weighted by Gasteiger charge is -2.25. The molecule has 2 fully saturated rings. The van der Waals surface area contributed by atoms with Gasteiger partial charge in [0.05, 0.1) is 6.61 Å². The maximum absolute atomic E-state index is 15.2. The average Bonchev–Trinajstić information content (AvgIpc) is 3.48. The van der Waals surface area contributed by atoms with Crippen molar-refractivity contribution in [3.63, 3.8) is 0 Å². The third-order valence-corrected chi connectivity index (χ3v) is 8.36. The summed E-state index contributed by atoms with van der Waals surface area (Å²) in [7, 11) is 3.49. The molecule has 3 aliphatic rings. The monoisotopic (exact) mass is 496 g/mol. The number of methoxy groups -OCH3 is 1. The van der Waals surface area contributed by atoms with Crippen molar-refractivity contribution in [3.8, 4) is 22.3 Å². The zero-order valence-corrected chi connectivity index (χ0v) is 21.5. The number of halogens is 1. The molecule has 2 aromatic carbocycles. The predicted molar refractivity (Wildman–Crippen MR) is 148 cm³/mol. The van der Waals surface area contributed by atoms with E-state index in [4.69, 9.17) is 4.74 Å². The first-order valence-corrected chi connectivity index (χ1v) is 12.9. The zero-order chi connectivity index (χ0) is 25.7. The van der Waals surface area contributed by atoms with Crippen LogP contribution in [0.2, 0.25) is 0 Å². The predicted octanol–water partition coefficient (Wildman–Crippen LogP) is 5.45. The van der Waals surface area contributed by atoms with Crippen LogP contribution in [0.1, 0.15) is 23.1 Å². The van der Waals surface area contributed by atoms with Gasteiger partial charge in [0.2, 0.25) is 5.95 Å². The van der Waals surface area contributed by atoms with Crippen LogP contribution < -0.4 is 10.6 Å². The number of anilines is 1. The largest absolute Gasteiger partial charge is 0.385 e. The number of fused-ring (bicyclic) bond motifs is 2. The first kappa shape index (κ1) is 23.7.